The van der Waals surface area contributed by atoms with Gasteiger partial charge in [-0.25, -0.2) is 0 Å². The summed E-state index contributed by atoms with van der Waals surface area (Å²) >= 11 is 0. The van der Waals surface area contributed by atoms with Crippen molar-refractivity contribution in [1.29, 1.82) is 0 Å². The van der Waals surface area contributed by atoms with E-state index in [0.29, 0.717) is 0 Å². The van der Waals surface area contributed by atoms with Crippen LogP contribution in [0.1, 0.15) is 43.9 Å². The molecule has 0 fully saturated rings. The van der Waals surface area contributed by atoms with Gasteiger partial charge in [0.05, 0.1) is 0 Å². The Hall–Kier alpha value is -0.780. The van der Waals surface area contributed by atoms with E-state index < -0.39 is 0 Å². The summed E-state index contributed by atoms with van der Waals surface area (Å²) in [6.45, 7) is 6.59. The number of benzene rings is 1. The largest absolute Gasteiger partial charge is 0.0776 e. The first kappa shape index (κ1) is 12.2. The second-order valence-corrected chi connectivity index (χ2v) is 3.52. The lowest BCUT2D eigenvalue weighted by Crippen LogP contribution is -1.87. The molecule has 0 aliphatic rings. The number of hydrogen-bond acceptors (Lipinski definition) is 0. The van der Waals surface area contributed by atoms with Gasteiger partial charge in [-0.3, -0.25) is 0 Å². The van der Waals surface area contributed by atoms with Crippen molar-refractivity contribution in [2.45, 2.75) is 47.5 Å². The van der Waals surface area contributed by atoms with Crippen LogP contribution in [0.2, 0.25) is 0 Å². The zero-order valence-electron chi connectivity index (χ0n) is 8.35. The quantitative estimate of drug-likeness (QED) is 0.648. The zero-order chi connectivity index (χ0) is 8.97. The van der Waals surface area contributed by atoms with E-state index >= 15 is 0 Å². The Morgan fingerprint density at radius 3 is 2.31 bits per heavy atom. The summed E-state index contributed by atoms with van der Waals surface area (Å²) in [5.74, 6) is 0. The lowest BCUT2D eigenvalue weighted by atomic mass is 10.0. The van der Waals surface area contributed by atoms with Crippen LogP contribution in [0, 0.1) is 13.8 Å². The van der Waals surface area contributed by atoms with Crippen LogP contribution in [0.4, 0.5) is 0 Å². The van der Waals surface area contributed by atoms with E-state index in [2.05, 4.69) is 39.0 Å². The van der Waals surface area contributed by atoms with E-state index in [-0.39, 0.29) is 7.43 Å². The van der Waals surface area contributed by atoms with Gasteiger partial charge in [-0.05, 0) is 43.4 Å². The molecule has 0 bridgehead atoms. The Kier molecular flexibility index (Phi) is 5.45. The van der Waals surface area contributed by atoms with E-state index in [1.54, 1.807) is 0 Å². The molecule has 1 aromatic carbocycles. The van der Waals surface area contributed by atoms with Gasteiger partial charge in [0, 0.05) is 0 Å². The molecule has 1 aromatic rings. The van der Waals surface area contributed by atoms with Crippen molar-refractivity contribution < 1.29 is 0 Å². The summed E-state index contributed by atoms with van der Waals surface area (Å²) in [5.41, 5.74) is 4.30. The highest BCUT2D eigenvalue weighted by Crippen LogP contribution is 2.11. The van der Waals surface area contributed by atoms with Crippen LogP contribution in [-0.2, 0) is 6.42 Å². The number of unbranched alkanes of at least 4 members (excludes halogenated alkanes) is 1. The minimum Gasteiger partial charge on any atom is -0.0776 e. The Balaban J connectivity index is 0.00000144. The van der Waals surface area contributed by atoms with E-state index in [9.17, 15) is 0 Å². The van der Waals surface area contributed by atoms with Gasteiger partial charge in [-0.1, -0.05) is 39.0 Å². The normalized spacial score (nSPS) is 9.46. The van der Waals surface area contributed by atoms with E-state index in [1.165, 1.54) is 36.0 Å². The highest BCUT2D eigenvalue weighted by Gasteiger charge is 1.95. The van der Waals surface area contributed by atoms with Gasteiger partial charge in [-0.15, -0.1) is 0 Å². The molecule has 0 amide bonds. The van der Waals surface area contributed by atoms with Crippen LogP contribution in [0.25, 0.3) is 0 Å². The molecule has 0 saturated heterocycles. The maximum Gasteiger partial charge on any atom is -0.0279 e. The van der Waals surface area contributed by atoms with E-state index in [4.69, 9.17) is 0 Å². The fraction of sp³-hybridized carbons (Fsp3) is 0.538. The van der Waals surface area contributed by atoms with Crippen molar-refractivity contribution >= 4 is 0 Å². The summed E-state index contributed by atoms with van der Waals surface area (Å²) in [4.78, 5) is 0. The van der Waals surface area contributed by atoms with Crippen LogP contribution in [0.5, 0.6) is 0 Å². The van der Waals surface area contributed by atoms with Gasteiger partial charge in [0.1, 0.15) is 0 Å². The van der Waals surface area contributed by atoms with Crippen LogP contribution < -0.4 is 0 Å². The molecule has 0 aromatic heterocycles. The van der Waals surface area contributed by atoms with Gasteiger partial charge in [0.2, 0.25) is 0 Å². The van der Waals surface area contributed by atoms with Crippen molar-refractivity contribution in [3.63, 3.8) is 0 Å². The maximum absolute atomic E-state index is 2.31. The fourth-order valence-corrected chi connectivity index (χ4v) is 1.34. The van der Waals surface area contributed by atoms with E-state index in [1.807, 2.05) is 0 Å². The van der Waals surface area contributed by atoms with Crippen molar-refractivity contribution in [2.24, 2.45) is 0 Å². The second kappa shape index (κ2) is 5.80. The average Bonchev–Trinajstić information content (AvgIpc) is 2.07. The summed E-state index contributed by atoms with van der Waals surface area (Å²) in [6, 6.07) is 6.78. The first-order valence-electron chi connectivity index (χ1n) is 4.80. The van der Waals surface area contributed by atoms with Gasteiger partial charge in [0.15, 0.2) is 0 Å². The summed E-state index contributed by atoms with van der Waals surface area (Å²) in [7, 11) is 0. The molecule has 13 heavy (non-hydrogen) atoms. The van der Waals surface area contributed by atoms with Crippen LogP contribution in [0.3, 0.4) is 0 Å². The van der Waals surface area contributed by atoms with Crippen molar-refractivity contribution in [3.8, 4) is 0 Å². The molecular formula is C13H22. The molecule has 1 rings (SSSR count). The van der Waals surface area contributed by atoms with Crippen molar-refractivity contribution in [2.75, 3.05) is 0 Å². The third-order valence-electron chi connectivity index (χ3n) is 2.39. The first-order valence-corrected chi connectivity index (χ1v) is 4.80. The lowest BCUT2D eigenvalue weighted by molar-refractivity contribution is 0.794. The molecule has 0 atom stereocenters. The third kappa shape index (κ3) is 3.63. The Bertz CT molecular complexity index is 248. The third-order valence-corrected chi connectivity index (χ3v) is 2.39. The molecule has 0 unspecified atom stereocenters. The molecule has 0 aliphatic heterocycles. The molecule has 0 radical (unpaired) electrons. The van der Waals surface area contributed by atoms with Crippen LogP contribution in [-0.4, -0.2) is 0 Å². The molecule has 0 N–H and O–H groups in total. The Morgan fingerprint density at radius 1 is 1.08 bits per heavy atom. The summed E-state index contributed by atoms with van der Waals surface area (Å²) in [5, 5.41) is 0. The first-order chi connectivity index (χ1) is 5.74. The van der Waals surface area contributed by atoms with Crippen molar-refractivity contribution in [3.05, 3.63) is 34.9 Å². The highest BCUT2D eigenvalue weighted by atomic mass is 14.0. The van der Waals surface area contributed by atoms with Crippen LogP contribution >= 0.6 is 0 Å². The Morgan fingerprint density at radius 2 is 1.77 bits per heavy atom. The SMILES string of the molecule is C.CCCCc1ccc(C)c(C)c1. The molecule has 0 aliphatic carbocycles. The molecule has 0 heteroatoms. The standard InChI is InChI=1S/C12H18.CH4/c1-4-5-6-12-8-7-10(2)11(3)9-12;/h7-9H,4-6H2,1-3H3;1H4. The van der Waals surface area contributed by atoms with Crippen LogP contribution in [0.15, 0.2) is 18.2 Å². The fourth-order valence-electron chi connectivity index (χ4n) is 1.34. The summed E-state index contributed by atoms with van der Waals surface area (Å²) in [6.07, 6.45) is 3.83. The van der Waals surface area contributed by atoms with E-state index in [0.717, 1.165) is 0 Å². The van der Waals surface area contributed by atoms with Gasteiger partial charge >= 0.3 is 0 Å². The average molecular weight is 178 g/mol. The van der Waals surface area contributed by atoms with Gasteiger partial charge in [0.25, 0.3) is 0 Å². The minimum atomic E-state index is 0. The number of rotatable bonds is 3. The molecule has 0 heterocycles. The molecule has 0 spiro atoms. The predicted octanol–water partition coefficient (Wildman–Crippen LogP) is 4.28. The number of aryl methyl sites for hydroxylation is 3. The molecule has 0 saturated carbocycles. The van der Waals surface area contributed by atoms with Gasteiger partial charge in [-0.2, -0.15) is 0 Å². The zero-order valence-corrected chi connectivity index (χ0v) is 8.35. The molecule has 0 nitrogen and oxygen atoms in total. The Labute approximate surface area is 83.0 Å². The van der Waals surface area contributed by atoms with Crippen molar-refractivity contribution in [1.82, 2.24) is 0 Å². The monoisotopic (exact) mass is 178 g/mol. The topological polar surface area (TPSA) is 0 Å². The minimum absolute atomic E-state index is 0. The smallest absolute Gasteiger partial charge is 0.0279 e. The van der Waals surface area contributed by atoms with Gasteiger partial charge < -0.3 is 0 Å². The molecular weight excluding hydrogens is 156 g/mol. The summed E-state index contributed by atoms with van der Waals surface area (Å²) < 4.78 is 0. The second-order valence-electron chi connectivity index (χ2n) is 3.52. The molecule has 74 valence electrons. The maximum atomic E-state index is 2.31. The number of hydrogen-bond donors (Lipinski definition) is 0. The predicted molar refractivity (Wildman–Crippen MR) is 61.3 cm³/mol. The lowest BCUT2D eigenvalue weighted by Gasteiger charge is -2.03. The highest BCUT2D eigenvalue weighted by molar-refractivity contribution is 5.29.